The van der Waals surface area contributed by atoms with Gasteiger partial charge >= 0.3 is 6.03 Å². The fourth-order valence-corrected chi connectivity index (χ4v) is 1.33. The molecular weight excluding hydrogens is 164 g/mol. The quantitative estimate of drug-likeness (QED) is 0.560. The van der Waals surface area contributed by atoms with Gasteiger partial charge in [0.15, 0.2) is 0 Å². The maximum atomic E-state index is 11.7. The van der Waals surface area contributed by atoms with E-state index < -0.39 is 0 Å². The third-order valence-electron chi connectivity index (χ3n) is 1.94. The number of carbonyl (C=O) groups is 1. The molecule has 0 saturated carbocycles. The number of rotatable bonds is 0. The Kier molecular flexibility index (Phi) is 2.20. The predicted molar refractivity (Wildman–Crippen MR) is 53.0 cm³/mol. The second-order valence-corrected chi connectivity index (χ2v) is 4.21. The smallest absolute Gasteiger partial charge is 0.304 e. The molecule has 13 heavy (non-hydrogen) atoms. The summed E-state index contributed by atoms with van der Waals surface area (Å²) >= 11 is 0. The van der Waals surface area contributed by atoms with Crippen LogP contribution in [0.3, 0.4) is 0 Å². The van der Waals surface area contributed by atoms with Crippen molar-refractivity contribution in [3.05, 3.63) is 24.6 Å². The van der Waals surface area contributed by atoms with Crippen LogP contribution in [0.5, 0.6) is 0 Å². The second-order valence-electron chi connectivity index (χ2n) is 4.21. The van der Waals surface area contributed by atoms with E-state index >= 15 is 0 Å². The van der Waals surface area contributed by atoms with E-state index in [2.05, 4.69) is 6.58 Å². The summed E-state index contributed by atoms with van der Waals surface area (Å²) in [6.45, 7) is 9.81. The van der Waals surface area contributed by atoms with Gasteiger partial charge < -0.3 is 4.90 Å². The van der Waals surface area contributed by atoms with Crippen molar-refractivity contribution >= 4 is 6.03 Å². The minimum absolute atomic E-state index is 0.0278. The Bertz CT molecular complexity index is 273. The van der Waals surface area contributed by atoms with Crippen molar-refractivity contribution in [2.24, 2.45) is 0 Å². The first-order valence-corrected chi connectivity index (χ1v) is 4.28. The van der Waals surface area contributed by atoms with Crippen LogP contribution in [-0.2, 0) is 0 Å². The summed E-state index contributed by atoms with van der Waals surface area (Å²) in [6.07, 6.45) is 3.57. The minimum atomic E-state index is -0.215. The first-order valence-electron chi connectivity index (χ1n) is 4.28. The third-order valence-corrected chi connectivity index (χ3v) is 1.94. The highest BCUT2D eigenvalue weighted by Crippen LogP contribution is 2.24. The SMILES string of the molecule is C=C1C=CN(C)C(=O)N1C(C)(C)C. The molecule has 0 bridgehead atoms. The van der Waals surface area contributed by atoms with Crippen LogP contribution in [0.15, 0.2) is 24.6 Å². The Morgan fingerprint density at radius 3 is 2.31 bits per heavy atom. The van der Waals surface area contributed by atoms with Crippen LogP contribution in [0, 0.1) is 0 Å². The zero-order valence-electron chi connectivity index (χ0n) is 8.66. The van der Waals surface area contributed by atoms with E-state index in [9.17, 15) is 4.79 Å². The Morgan fingerprint density at radius 2 is 1.92 bits per heavy atom. The molecule has 0 spiro atoms. The van der Waals surface area contributed by atoms with Crippen LogP contribution in [0.25, 0.3) is 0 Å². The zero-order chi connectivity index (χ0) is 10.2. The Balaban J connectivity index is 3.03. The average Bonchev–Trinajstić information content (AvgIpc) is 1.95. The van der Waals surface area contributed by atoms with E-state index in [0.717, 1.165) is 5.70 Å². The molecule has 0 saturated heterocycles. The predicted octanol–water partition coefficient (Wildman–Crippen LogP) is 2.18. The molecule has 2 amide bonds. The maximum absolute atomic E-state index is 11.7. The Hall–Kier alpha value is -1.25. The molecule has 0 aromatic heterocycles. The highest BCUT2D eigenvalue weighted by atomic mass is 16.2. The average molecular weight is 180 g/mol. The van der Waals surface area contributed by atoms with Gasteiger partial charge in [0, 0.05) is 24.5 Å². The molecule has 0 unspecified atom stereocenters. The lowest BCUT2D eigenvalue weighted by Gasteiger charge is -2.40. The zero-order valence-corrected chi connectivity index (χ0v) is 8.66. The van der Waals surface area contributed by atoms with Crippen LogP contribution in [0.2, 0.25) is 0 Å². The van der Waals surface area contributed by atoms with Crippen molar-refractivity contribution in [2.45, 2.75) is 26.3 Å². The summed E-state index contributed by atoms with van der Waals surface area (Å²) < 4.78 is 0. The number of urea groups is 1. The van der Waals surface area contributed by atoms with Crippen molar-refractivity contribution in [2.75, 3.05) is 7.05 Å². The summed E-state index contributed by atoms with van der Waals surface area (Å²) in [5.74, 6) is 0. The second kappa shape index (κ2) is 2.91. The van der Waals surface area contributed by atoms with E-state index in [4.69, 9.17) is 0 Å². The molecule has 0 aromatic rings. The number of hydrogen-bond donors (Lipinski definition) is 0. The van der Waals surface area contributed by atoms with Crippen LogP contribution in [0.1, 0.15) is 20.8 Å². The lowest BCUT2D eigenvalue weighted by Crippen LogP contribution is -2.50. The van der Waals surface area contributed by atoms with E-state index in [1.807, 2.05) is 26.8 Å². The van der Waals surface area contributed by atoms with Crippen molar-refractivity contribution in [1.82, 2.24) is 9.80 Å². The molecule has 0 N–H and O–H groups in total. The molecule has 1 aliphatic heterocycles. The number of nitrogens with zero attached hydrogens (tertiary/aromatic N) is 2. The van der Waals surface area contributed by atoms with Gasteiger partial charge in [0.1, 0.15) is 0 Å². The van der Waals surface area contributed by atoms with Crippen LogP contribution >= 0.6 is 0 Å². The highest BCUT2D eigenvalue weighted by molar-refractivity contribution is 5.80. The molecule has 1 heterocycles. The molecule has 1 aliphatic rings. The molecule has 0 aromatic carbocycles. The number of carbonyl (C=O) groups excluding carboxylic acids is 1. The van der Waals surface area contributed by atoms with Gasteiger partial charge in [-0.2, -0.15) is 0 Å². The van der Waals surface area contributed by atoms with Crippen LogP contribution in [0.4, 0.5) is 4.79 Å². The van der Waals surface area contributed by atoms with Gasteiger partial charge in [-0.25, -0.2) is 4.79 Å². The Morgan fingerprint density at radius 1 is 1.38 bits per heavy atom. The van der Waals surface area contributed by atoms with Gasteiger partial charge in [-0.3, -0.25) is 4.90 Å². The highest BCUT2D eigenvalue weighted by Gasteiger charge is 2.31. The molecular formula is C10H16N2O. The molecule has 72 valence electrons. The summed E-state index contributed by atoms with van der Waals surface area (Å²) in [6, 6.07) is -0.0278. The molecule has 0 radical (unpaired) electrons. The van der Waals surface area contributed by atoms with E-state index in [-0.39, 0.29) is 11.6 Å². The van der Waals surface area contributed by atoms with E-state index in [1.54, 1.807) is 23.0 Å². The lowest BCUT2D eigenvalue weighted by atomic mass is 10.1. The summed E-state index contributed by atoms with van der Waals surface area (Å²) in [7, 11) is 1.74. The number of amides is 2. The summed E-state index contributed by atoms with van der Waals surface area (Å²) in [5, 5.41) is 0. The van der Waals surface area contributed by atoms with Gasteiger partial charge in [-0.05, 0) is 26.8 Å². The minimum Gasteiger partial charge on any atom is -0.304 e. The molecule has 0 aliphatic carbocycles. The van der Waals surface area contributed by atoms with Crippen molar-refractivity contribution in [1.29, 1.82) is 0 Å². The van der Waals surface area contributed by atoms with Gasteiger partial charge in [0.25, 0.3) is 0 Å². The standard InChI is InChI=1S/C10H16N2O/c1-8-6-7-11(5)9(13)12(8)10(2,3)4/h6-7H,1H2,2-5H3. The van der Waals surface area contributed by atoms with E-state index in [0.29, 0.717) is 0 Å². The van der Waals surface area contributed by atoms with Gasteiger partial charge in [-0.1, -0.05) is 6.58 Å². The molecule has 0 fully saturated rings. The van der Waals surface area contributed by atoms with Gasteiger partial charge in [0.2, 0.25) is 0 Å². The third kappa shape index (κ3) is 1.74. The fourth-order valence-electron chi connectivity index (χ4n) is 1.33. The van der Waals surface area contributed by atoms with E-state index in [1.165, 1.54) is 0 Å². The lowest BCUT2D eigenvalue weighted by molar-refractivity contribution is 0.148. The Labute approximate surface area is 79.3 Å². The maximum Gasteiger partial charge on any atom is 0.328 e. The van der Waals surface area contributed by atoms with Crippen molar-refractivity contribution in [3.63, 3.8) is 0 Å². The topological polar surface area (TPSA) is 23.6 Å². The van der Waals surface area contributed by atoms with Crippen molar-refractivity contribution in [3.8, 4) is 0 Å². The molecule has 0 atom stereocenters. The number of hydrogen-bond acceptors (Lipinski definition) is 1. The normalized spacial score (nSPS) is 18.5. The largest absolute Gasteiger partial charge is 0.328 e. The first kappa shape index (κ1) is 9.84. The van der Waals surface area contributed by atoms with Crippen LogP contribution in [-0.4, -0.2) is 28.4 Å². The summed E-state index contributed by atoms with van der Waals surface area (Å²) in [5.41, 5.74) is 0.531. The first-order chi connectivity index (χ1) is 5.84. The van der Waals surface area contributed by atoms with Gasteiger partial charge in [-0.15, -0.1) is 0 Å². The molecule has 3 heteroatoms. The van der Waals surface area contributed by atoms with Crippen molar-refractivity contribution < 1.29 is 4.79 Å². The monoisotopic (exact) mass is 180 g/mol. The number of allylic oxidation sites excluding steroid dienone is 1. The molecule has 3 nitrogen and oxygen atoms in total. The van der Waals surface area contributed by atoms with Gasteiger partial charge in [0.05, 0.1) is 0 Å². The molecule has 1 rings (SSSR count). The summed E-state index contributed by atoms with van der Waals surface area (Å²) in [4.78, 5) is 15.0. The van der Waals surface area contributed by atoms with Crippen LogP contribution < -0.4 is 0 Å². The fraction of sp³-hybridized carbons (Fsp3) is 0.500.